The van der Waals surface area contributed by atoms with Gasteiger partial charge in [0.25, 0.3) is 0 Å². The van der Waals surface area contributed by atoms with Crippen molar-refractivity contribution >= 4 is 49.5 Å². The average molecular weight is 701 g/mol. The smallest absolute Gasteiger partial charge is 0.417 e. The summed E-state index contributed by atoms with van der Waals surface area (Å²) in [5, 5.41) is 12.1. The Kier molecular flexibility index (Phi) is 9.38. The molecular formula is C28H32F2N4O11P2. The Labute approximate surface area is 265 Å². The Morgan fingerprint density at radius 1 is 1.02 bits per heavy atom. The van der Waals surface area contributed by atoms with Gasteiger partial charge >= 0.3 is 27.3 Å². The third-order valence-corrected chi connectivity index (χ3v) is 11.7. The van der Waals surface area contributed by atoms with Crippen molar-refractivity contribution in [1.82, 2.24) is 9.88 Å². The van der Waals surface area contributed by atoms with E-state index in [9.17, 15) is 48.2 Å². The molecule has 3 aromatic rings. The molecule has 254 valence electrons. The Balaban J connectivity index is 1.55. The number of hydrogen-bond acceptors (Lipinski definition) is 8. The van der Waals surface area contributed by atoms with Crippen LogP contribution in [-0.4, -0.2) is 71.9 Å². The molecule has 2 heterocycles. The lowest BCUT2D eigenvalue weighted by Crippen LogP contribution is -2.54. The number of carboxylic acid groups (broad SMARTS) is 1. The highest BCUT2D eigenvalue weighted by Gasteiger charge is 2.43. The molecular weight excluding hydrogens is 668 g/mol. The van der Waals surface area contributed by atoms with Gasteiger partial charge in [0.2, 0.25) is 5.43 Å². The molecule has 0 spiro atoms. The molecule has 1 aromatic heterocycles. The van der Waals surface area contributed by atoms with Gasteiger partial charge < -0.3 is 44.2 Å². The number of aromatic nitrogens is 1. The fraction of sp³-hybridized carbons (Fsp3) is 0.393. The van der Waals surface area contributed by atoms with E-state index in [0.717, 1.165) is 18.3 Å². The van der Waals surface area contributed by atoms with Gasteiger partial charge in [0.15, 0.2) is 17.0 Å². The first kappa shape index (κ1) is 34.6. The number of pyridine rings is 1. The molecule has 15 nitrogen and oxygen atoms in total. The summed E-state index contributed by atoms with van der Waals surface area (Å²) in [7, 11) is -10.4. The summed E-state index contributed by atoms with van der Waals surface area (Å²) in [6, 6.07) is 3.93. The molecule has 0 radical (unpaired) electrons. The van der Waals surface area contributed by atoms with E-state index in [-0.39, 0.29) is 48.0 Å². The molecule has 2 aliphatic rings. The third-order valence-electron chi connectivity index (χ3n) is 7.93. The van der Waals surface area contributed by atoms with Gasteiger partial charge in [-0.25, -0.2) is 18.4 Å². The van der Waals surface area contributed by atoms with Gasteiger partial charge in [-0.05, 0) is 50.8 Å². The van der Waals surface area contributed by atoms with Crippen LogP contribution in [0, 0.1) is 11.6 Å². The van der Waals surface area contributed by atoms with Crippen LogP contribution in [0.1, 0.15) is 48.7 Å². The van der Waals surface area contributed by atoms with Gasteiger partial charge in [-0.15, -0.1) is 0 Å². The van der Waals surface area contributed by atoms with E-state index < -0.39 is 78.5 Å². The van der Waals surface area contributed by atoms with E-state index in [4.69, 9.17) is 4.74 Å². The number of anilines is 2. The molecule has 1 amide bonds. The second-order valence-electron chi connectivity index (χ2n) is 11.8. The van der Waals surface area contributed by atoms with E-state index in [2.05, 4.69) is 10.6 Å². The molecule has 19 heteroatoms. The number of ether oxygens (including phenoxy) is 1. The minimum atomic E-state index is -5.20. The molecule has 0 unspecified atom stereocenters. The van der Waals surface area contributed by atoms with E-state index in [1.54, 1.807) is 0 Å². The molecule has 1 aliphatic heterocycles. The lowest BCUT2D eigenvalue weighted by molar-refractivity contribution is 0.0694. The van der Waals surface area contributed by atoms with Crippen molar-refractivity contribution in [3.63, 3.8) is 0 Å². The molecule has 1 saturated heterocycles. The molecule has 5 rings (SSSR count). The zero-order valence-corrected chi connectivity index (χ0v) is 26.8. The molecule has 47 heavy (non-hydrogen) atoms. The molecule has 1 aliphatic carbocycles. The SMILES string of the molecule is C[C@@H]1CN(c2c(F)c(NC(=O)Oc3ccc(CC(P(=O)(O)O)P(=O)(O)O)cc3)c3c(=O)c(C(=O)O)cn(C4CC4)c3c2F)C[C@H](C)N1. The summed E-state index contributed by atoms with van der Waals surface area (Å²) in [6.07, 6.45) is 0.0626. The van der Waals surface area contributed by atoms with Crippen LogP contribution >= 0.6 is 15.2 Å². The van der Waals surface area contributed by atoms with Crippen molar-refractivity contribution < 1.29 is 56.9 Å². The zero-order valence-electron chi connectivity index (χ0n) is 25.0. The first-order chi connectivity index (χ1) is 21.9. The van der Waals surface area contributed by atoms with Crippen LogP contribution in [0.4, 0.5) is 25.0 Å². The van der Waals surface area contributed by atoms with Crippen molar-refractivity contribution in [2.45, 2.75) is 56.6 Å². The van der Waals surface area contributed by atoms with Crippen LogP contribution in [0.5, 0.6) is 5.75 Å². The topological polar surface area (TPSA) is 228 Å². The lowest BCUT2D eigenvalue weighted by Gasteiger charge is -2.38. The normalized spacial score (nSPS) is 18.9. The van der Waals surface area contributed by atoms with Crippen LogP contribution in [0.25, 0.3) is 10.9 Å². The standard InChI is InChI=1S/C28H32F2N4O11P2/c1-13-10-33(11-14(2)31-13)25-21(29)23(20-24(22(25)30)34(16-5-6-16)12-18(26(20)35)27(36)37)32-28(38)45-17-7-3-15(4-8-17)9-19(46(39,40)41)47(42,43)44/h3-4,7-8,12-14,16,19,31H,5-6,9-11H2,1-2H3,(H,32,38)(H,36,37)(H2,39,40,41)(H2,42,43,44)/t13-,14+. The Morgan fingerprint density at radius 2 is 1.60 bits per heavy atom. The van der Waals surface area contributed by atoms with Crippen LogP contribution in [-0.2, 0) is 15.6 Å². The van der Waals surface area contributed by atoms with Crippen LogP contribution in [0.2, 0.25) is 0 Å². The number of fused-ring (bicyclic) bond motifs is 1. The van der Waals surface area contributed by atoms with Crippen LogP contribution in [0.3, 0.4) is 0 Å². The number of carbonyl (C=O) groups excluding carboxylic acids is 1. The molecule has 1 saturated carbocycles. The van der Waals surface area contributed by atoms with Crippen molar-refractivity contribution in [3.8, 4) is 5.75 Å². The van der Waals surface area contributed by atoms with Gasteiger partial charge in [-0.2, -0.15) is 0 Å². The average Bonchev–Trinajstić information content (AvgIpc) is 3.78. The summed E-state index contributed by atoms with van der Waals surface area (Å²) < 4.78 is 62.6. The maximum Gasteiger partial charge on any atom is 0.417 e. The predicted octanol–water partition coefficient (Wildman–Crippen LogP) is 3.33. The largest absolute Gasteiger partial charge is 0.477 e. The number of aromatic carboxylic acids is 1. The maximum absolute atomic E-state index is 16.4. The van der Waals surface area contributed by atoms with Crippen molar-refractivity contribution in [2.24, 2.45) is 0 Å². The Bertz CT molecular complexity index is 1880. The van der Waals surface area contributed by atoms with Crippen molar-refractivity contribution in [1.29, 1.82) is 0 Å². The van der Waals surface area contributed by atoms with E-state index >= 15 is 8.78 Å². The molecule has 2 atom stereocenters. The summed E-state index contributed by atoms with van der Waals surface area (Å²) in [6.45, 7) is 3.98. The Hall–Kier alpha value is -3.69. The number of benzene rings is 2. The highest BCUT2D eigenvalue weighted by Crippen LogP contribution is 2.61. The maximum atomic E-state index is 16.4. The first-order valence-electron chi connectivity index (χ1n) is 14.4. The predicted molar refractivity (Wildman–Crippen MR) is 165 cm³/mol. The number of nitrogens with one attached hydrogen (secondary N) is 2. The fourth-order valence-electron chi connectivity index (χ4n) is 5.80. The summed E-state index contributed by atoms with van der Waals surface area (Å²) >= 11 is 0. The minimum absolute atomic E-state index is 0.0796. The van der Waals surface area contributed by atoms with Crippen LogP contribution in [0.15, 0.2) is 35.3 Å². The van der Waals surface area contributed by atoms with Crippen LogP contribution < -0.4 is 25.7 Å². The van der Waals surface area contributed by atoms with Crippen molar-refractivity contribution in [3.05, 3.63) is 63.4 Å². The third kappa shape index (κ3) is 7.26. The number of amides is 1. The second-order valence-corrected chi connectivity index (χ2v) is 15.8. The number of rotatable bonds is 9. The number of hydrogen-bond donors (Lipinski definition) is 7. The number of piperazine rings is 1. The zero-order chi connectivity index (χ0) is 34.6. The van der Waals surface area contributed by atoms with E-state index in [1.165, 1.54) is 21.6 Å². The molecule has 7 N–H and O–H groups in total. The van der Waals surface area contributed by atoms with Crippen molar-refractivity contribution in [2.75, 3.05) is 23.3 Å². The minimum Gasteiger partial charge on any atom is -0.477 e. The van der Waals surface area contributed by atoms with Gasteiger partial charge in [-0.1, -0.05) is 12.1 Å². The second kappa shape index (κ2) is 12.7. The van der Waals surface area contributed by atoms with Gasteiger partial charge in [0.05, 0.1) is 16.6 Å². The Morgan fingerprint density at radius 3 is 2.11 bits per heavy atom. The number of halogens is 2. The summed E-state index contributed by atoms with van der Waals surface area (Å²) in [5.74, 6) is -4.23. The molecule has 0 bridgehead atoms. The van der Waals surface area contributed by atoms with E-state index in [0.29, 0.717) is 12.8 Å². The highest BCUT2D eigenvalue weighted by molar-refractivity contribution is 7.70. The lowest BCUT2D eigenvalue weighted by atomic mass is 10.0. The quantitative estimate of drug-likeness (QED) is 0.159. The van der Waals surface area contributed by atoms with E-state index in [1.807, 2.05) is 13.8 Å². The van der Waals surface area contributed by atoms with Gasteiger partial charge in [0.1, 0.15) is 17.0 Å². The molecule has 2 fully saturated rings. The highest BCUT2D eigenvalue weighted by atomic mass is 31.2. The molecule has 2 aromatic carbocycles. The van der Waals surface area contributed by atoms with Gasteiger partial charge in [-0.3, -0.25) is 19.2 Å². The monoisotopic (exact) mass is 700 g/mol. The van der Waals surface area contributed by atoms with Gasteiger partial charge in [0, 0.05) is 37.4 Å². The first-order valence-corrected chi connectivity index (χ1v) is 17.7. The fourth-order valence-corrected chi connectivity index (χ4v) is 8.26. The number of nitrogens with zero attached hydrogens (tertiary/aromatic N) is 2. The summed E-state index contributed by atoms with van der Waals surface area (Å²) in [4.78, 5) is 77.4. The number of carbonyl (C=O) groups is 2. The summed E-state index contributed by atoms with van der Waals surface area (Å²) in [5.41, 5.74) is -3.57. The number of carboxylic acids is 1.